The van der Waals surface area contributed by atoms with Gasteiger partial charge in [0, 0.05) is 37.4 Å². The van der Waals surface area contributed by atoms with Crippen LogP contribution in [0.1, 0.15) is 37.4 Å². The molecule has 0 spiro atoms. The fourth-order valence-corrected chi connectivity index (χ4v) is 6.84. The highest BCUT2D eigenvalue weighted by Crippen LogP contribution is 2.36. The molecular weight excluding hydrogens is 537 g/mol. The molecular formula is C33H30FN3O3S. The van der Waals surface area contributed by atoms with Crippen LogP contribution in [0.2, 0.25) is 0 Å². The summed E-state index contributed by atoms with van der Waals surface area (Å²) in [5.41, 5.74) is 5.38. The largest absolute Gasteiger partial charge is 0.368 e. The summed E-state index contributed by atoms with van der Waals surface area (Å²) >= 11 is 0. The van der Waals surface area contributed by atoms with Crippen molar-refractivity contribution in [3.05, 3.63) is 119 Å². The van der Waals surface area contributed by atoms with Crippen molar-refractivity contribution in [1.82, 2.24) is 4.90 Å². The zero-order valence-electron chi connectivity index (χ0n) is 23.0. The molecule has 2 amide bonds. The SMILES string of the molecule is Cc1ccc(C)c(CN2C(=O)c3ccccc3[S@](=O)c3ccc(C(=O)N4CCN(c5ccc(F)cc5)CC4)cc32)c1. The van der Waals surface area contributed by atoms with Gasteiger partial charge in [-0.1, -0.05) is 35.9 Å². The van der Waals surface area contributed by atoms with Crippen molar-refractivity contribution in [3.8, 4) is 0 Å². The highest BCUT2D eigenvalue weighted by Gasteiger charge is 2.32. The Labute approximate surface area is 241 Å². The second-order valence-electron chi connectivity index (χ2n) is 10.5. The number of hydrogen-bond donors (Lipinski definition) is 0. The van der Waals surface area contributed by atoms with Gasteiger partial charge in [-0.25, -0.2) is 8.60 Å². The van der Waals surface area contributed by atoms with Gasteiger partial charge in [0.05, 0.1) is 38.4 Å². The quantitative estimate of drug-likeness (QED) is 0.316. The molecule has 6 rings (SSSR count). The van der Waals surface area contributed by atoms with Crippen molar-refractivity contribution in [3.63, 3.8) is 0 Å². The average Bonchev–Trinajstić information content (AvgIpc) is 3.08. The van der Waals surface area contributed by atoms with Crippen LogP contribution in [0.25, 0.3) is 0 Å². The molecule has 6 nitrogen and oxygen atoms in total. The Balaban J connectivity index is 1.33. The van der Waals surface area contributed by atoms with Crippen molar-refractivity contribution < 1.29 is 18.2 Å². The first kappa shape index (κ1) is 26.9. The topological polar surface area (TPSA) is 60.9 Å². The zero-order valence-corrected chi connectivity index (χ0v) is 23.8. The monoisotopic (exact) mass is 567 g/mol. The van der Waals surface area contributed by atoms with Gasteiger partial charge in [0.25, 0.3) is 11.8 Å². The molecule has 4 aromatic rings. The summed E-state index contributed by atoms with van der Waals surface area (Å²) in [5, 5.41) is 0. The van der Waals surface area contributed by atoms with Crippen LogP contribution < -0.4 is 9.80 Å². The smallest absolute Gasteiger partial charge is 0.259 e. The van der Waals surface area contributed by atoms with Gasteiger partial charge >= 0.3 is 0 Å². The van der Waals surface area contributed by atoms with Crippen molar-refractivity contribution in [2.24, 2.45) is 0 Å². The molecule has 4 aromatic carbocycles. The van der Waals surface area contributed by atoms with Gasteiger partial charge in [-0.2, -0.15) is 0 Å². The van der Waals surface area contributed by atoms with E-state index in [1.54, 1.807) is 64.4 Å². The van der Waals surface area contributed by atoms with Crippen LogP contribution in [0.4, 0.5) is 15.8 Å². The van der Waals surface area contributed by atoms with Crippen LogP contribution in [0.15, 0.2) is 94.7 Å². The number of carbonyl (C=O) groups is 2. The minimum atomic E-state index is -1.59. The number of benzene rings is 4. The number of aryl methyl sites for hydroxylation is 2. The Hall–Kier alpha value is -4.30. The van der Waals surface area contributed by atoms with Gasteiger partial charge in [0.2, 0.25) is 0 Å². The molecule has 2 heterocycles. The molecule has 8 heteroatoms. The number of amides is 2. The summed E-state index contributed by atoms with van der Waals surface area (Å²) in [4.78, 5) is 34.2. The predicted octanol–water partition coefficient (Wildman–Crippen LogP) is 5.73. The Morgan fingerprint density at radius 2 is 1.59 bits per heavy atom. The van der Waals surface area contributed by atoms with E-state index in [9.17, 15) is 18.2 Å². The lowest BCUT2D eigenvalue weighted by Gasteiger charge is -2.36. The third-order valence-corrected chi connectivity index (χ3v) is 9.35. The highest BCUT2D eigenvalue weighted by atomic mass is 32.2. The molecule has 1 fully saturated rings. The molecule has 0 unspecified atom stereocenters. The van der Waals surface area contributed by atoms with Crippen LogP contribution in [0.5, 0.6) is 0 Å². The summed E-state index contributed by atoms with van der Waals surface area (Å²) in [6.07, 6.45) is 0. The Morgan fingerprint density at radius 3 is 2.34 bits per heavy atom. The molecule has 1 saturated heterocycles. The van der Waals surface area contributed by atoms with Crippen LogP contribution >= 0.6 is 0 Å². The van der Waals surface area contributed by atoms with E-state index in [-0.39, 0.29) is 17.6 Å². The molecule has 0 bridgehead atoms. The molecule has 41 heavy (non-hydrogen) atoms. The first-order chi connectivity index (χ1) is 19.8. The van der Waals surface area contributed by atoms with Gasteiger partial charge in [0.15, 0.2) is 0 Å². The average molecular weight is 568 g/mol. The van der Waals surface area contributed by atoms with E-state index in [4.69, 9.17) is 0 Å². The number of hydrogen-bond acceptors (Lipinski definition) is 4. The lowest BCUT2D eigenvalue weighted by atomic mass is 10.0. The van der Waals surface area contributed by atoms with Crippen molar-refractivity contribution in [1.29, 1.82) is 0 Å². The lowest BCUT2D eigenvalue weighted by Crippen LogP contribution is -2.48. The number of nitrogens with zero attached hydrogens (tertiary/aromatic N) is 3. The first-order valence-electron chi connectivity index (χ1n) is 13.6. The van der Waals surface area contributed by atoms with Crippen molar-refractivity contribution >= 4 is 34.0 Å². The molecule has 0 saturated carbocycles. The van der Waals surface area contributed by atoms with Gasteiger partial charge in [-0.3, -0.25) is 9.59 Å². The Kier molecular flexibility index (Phi) is 7.17. The van der Waals surface area contributed by atoms with Gasteiger partial charge < -0.3 is 14.7 Å². The second kappa shape index (κ2) is 10.9. The fraction of sp³-hybridized carbons (Fsp3) is 0.212. The fourth-order valence-electron chi connectivity index (χ4n) is 5.50. The minimum absolute atomic E-state index is 0.141. The summed E-state index contributed by atoms with van der Waals surface area (Å²) in [7, 11) is -1.59. The Morgan fingerprint density at radius 1 is 0.854 bits per heavy atom. The van der Waals surface area contributed by atoms with E-state index in [1.807, 2.05) is 26.0 Å². The molecule has 0 N–H and O–H groups in total. The summed E-state index contributed by atoms with van der Waals surface area (Å²) in [6, 6.07) is 24.7. The van der Waals surface area contributed by atoms with E-state index < -0.39 is 10.8 Å². The van der Waals surface area contributed by atoms with Crippen molar-refractivity contribution in [2.45, 2.75) is 30.2 Å². The normalized spacial score (nSPS) is 16.7. The van der Waals surface area contributed by atoms with Crippen LogP contribution in [-0.4, -0.2) is 47.1 Å². The van der Waals surface area contributed by atoms with Gasteiger partial charge in [-0.05, 0) is 79.6 Å². The number of carbonyl (C=O) groups excluding carboxylic acids is 2. The molecule has 0 aromatic heterocycles. The predicted molar refractivity (Wildman–Crippen MR) is 159 cm³/mol. The maximum atomic E-state index is 14.0. The van der Waals surface area contributed by atoms with Gasteiger partial charge in [-0.15, -0.1) is 0 Å². The highest BCUT2D eigenvalue weighted by molar-refractivity contribution is 7.85. The molecule has 1 atom stereocenters. The summed E-state index contributed by atoms with van der Waals surface area (Å²) in [5.74, 6) is -0.663. The maximum Gasteiger partial charge on any atom is 0.259 e. The molecule has 0 aliphatic carbocycles. The van der Waals surface area contributed by atoms with Crippen LogP contribution in [0.3, 0.4) is 0 Å². The van der Waals surface area contributed by atoms with E-state index >= 15 is 0 Å². The van der Waals surface area contributed by atoms with Crippen LogP contribution in [-0.2, 0) is 17.3 Å². The van der Waals surface area contributed by atoms with E-state index in [1.165, 1.54) is 12.1 Å². The van der Waals surface area contributed by atoms with Crippen molar-refractivity contribution in [2.75, 3.05) is 36.0 Å². The first-order valence-corrected chi connectivity index (χ1v) is 14.8. The van der Waals surface area contributed by atoms with E-state index in [0.717, 1.165) is 22.4 Å². The lowest BCUT2D eigenvalue weighted by molar-refractivity contribution is 0.0746. The molecule has 2 aliphatic heterocycles. The number of halogens is 1. The number of rotatable bonds is 4. The molecule has 2 aliphatic rings. The minimum Gasteiger partial charge on any atom is -0.368 e. The number of anilines is 2. The van der Waals surface area contributed by atoms with E-state index in [2.05, 4.69) is 11.0 Å². The standard InChI is InChI=1S/C33H30FN3O3S/c1-22-7-8-23(2)25(19-22)21-37-29-20-24(9-14-31(29)41(40)30-6-4-3-5-28(30)33(37)39)32(38)36-17-15-35(16-18-36)27-12-10-26(34)11-13-27/h3-14,19-20H,15-18,21H2,1-2H3/t41-/m0/s1. The number of piperazine rings is 1. The van der Waals surface area contributed by atoms with Crippen LogP contribution in [0, 0.1) is 19.7 Å². The third-order valence-electron chi connectivity index (χ3n) is 7.85. The molecule has 0 radical (unpaired) electrons. The number of fused-ring (bicyclic) bond motifs is 2. The molecule has 208 valence electrons. The third kappa shape index (κ3) is 5.15. The van der Waals surface area contributed by atoms with Gasteiger partial charge in [0.1, 0.15) is 5.82 Å². The zero-order chi connectivity index (χ0) is 28.7. The maximum absolute atomic E-state index is 14.0. The summed E-state index contributed by atoms with van der Waals surface area (Å²) < 4.78 is 27.1. The van der Waals surface area contributed by atoms with E-state index in [0.29, 0.717) is 59.3 Å². The summed E-state index contributed by atoms with van der Waals surface area (Å²) in [6.45, 7) is 6.58. The Bertz CT molecular complexity index is 1680. The second-order valence-corrected chi connectivity index (χ2v) is 11.9.